The molecule has 0 fully saturated rings. The number of ether oxygens (including phenoxy) is 2. The highest BCUT2D eigenvalue weighted by molar-refractivity contribution is 4.81. The molecule has 2 heteroatoms. The molecule has 0 unspecified atom stereocenters. The van der Waals surface area contributed by atoms with Crippen LogP contribution in [0, 0.1) is 0 Å². The van der Waals surface area contributed by atoms with Crippen molar-refractivity contribution >= 4 is 0 Å². The van der Waals surface area contributed by atoms with Gasteiger partial charge in [-0.15, -0.1) is 0 Å². The Bertz CT molecular complexity index is 275. The molecule has 0 aliphatic carbocycles. The van der Waals surface area contributed by atoms with Crippen molar-refractivity contribution in [3.63, 3.8) is 0 Å². The van der Waals surface area contributed by atoms with Crippen molar-refractivity contribution in [2.45, 2.75) is 123 Å². The maximum absolute atomic E-state index is 6.15. The lowest BCUT2D eigenvalue weighted by atomic mass is 10.1. The van der Waals surface area contributed by atoms with Crippen LogP contribution in [0.15, 0.2) is 12.3 Å². The van der Waals surface area contributed by atoms with Crippen molar-refractivity contribution in [3.05, 3.63) is 12.3 Å². The van der Waals surface area contributed by atoms with Gasteiger partial charge in [0, 0.05) is 6.42 Å². The summed E-state index contributed by atoms with van der Waals surface area (Å²) in [4.78, 5) is 0. The van der Waals surface area contributed by atoms with Crippen LogP contribution in [-0.2, 0) is 9.47 Å². The SMILES string of the molecule is CCCCCCCCCCC[C@H]1OC=CC[C@@H](CCCCC)O1. The molecule has 136 valence electrons. The van der Waals surface area contributed by atoms with E-state index in [0.29, 0.717) is 6.10 Å². The molecule has 1 rings (SSSR count). The summed E-state index contributed by atoms with van der Waals surface area (Å²) in [5, 5.41) is 0. The van der Waals surface area contributed by atoms with E-state index in [1.165, 1.54) is 83.5 Å². The van der Waals surface area contributed by atoms with Crippen LogP contribution in [0.4, 0.5) is 0 Å². The Morgan fingerprint density at radius 3 is 2.00 bits per heavy atom. The first-order valence-corrected chi connectivity index (χ1v) is 10.3. The van der Waals surface area contributed by atoms with Gasteiger partial charge in [-0.2, -0.15) is 0 Å². The number of rotatable bonds is 14. The molecule has 23 heavy (non-hydrogen) atoms. The molecule has 0 bridgehead atoms. The first-order valence-electron chi connectivity index (χ1n) is 10.3. The normalized spacial score (nSPS) is 21.1. The zero-order valence-corrected chi connectivity index (χ0v) is 15.7. The van der Waals surface area contributed by atoms with Crippen molar-refractivity contribution < 1.29 is 9.47 Å². The van der Waals surface area contributed by atoms with E-state index in [0.717, 1.165) is 12.8 Å². The van der Waals surface area contributed by atoms with Crippen molar-refractivity contribution in [3.8, 4) is 0 Å². The Balaban J connectivity index is 2.01. The van der Waals surface area contributed by atoms with Gasteiger partial charge in [-0.05, 0) is 25.3 Å². The summed E-state index contributed by atoms with van der Waals surface area (Å²) >= 11 is 0. The van der Waals surface area contributed by atoms with Crippen LogP contribution < -0.4 is 0 Å². The fourth-order valence-corrected chi connectivity index (χ4v) is 3.22. The molecule has 0 aromatic rings. The minimum Gasteiger partial charge on any atom is -0.473 e. The van der Waals surface area contributed by atoms with E-state index in [1.807, 2.05) is 6.26 Å². The van der Waals surface area contributed by atoms with Crippen LogP contribution in [0.3, 0.4) is 0 Å². The van der Waals surface area contributed by atoms with Gasteiger partial charge in [0.2, 0.25) is 0 Å². The number of hydrogen-bond acceptors (Lipinski definition) is 2. The number of hydrogen-bond donors (Lipinski definition) is 0. The molecule has 0 amide bonds. The molecule has 0 saturated carbocycles. The fourth-order valence-electron chi connectivity index (χ4n) is 3.22. The van der Waals surface area contributed by atoms with Crippen molar-refractivity contribution in [1.82, 2.24) is 0 Å². The lowest BCUT2D eigenvalue weighted by Crippen LogP contribution is -2.21. The minimum absolute atomic E-state index is 0.00932. The molecule has 1 aliphatic rings. The van der Waals surface area contributed by atoms with Gasteiger partial charge in [0.1, 0.15) is 0 Å². The molecule has 0 radical (unpaired) electrons. The Hall–Kier alpha value is -0.500. The molecule has 2 nitrogen and oxygen atoms in total. The minimum atomic E-state index is -0.00932. The van der Waals surface area contributed by atoms with Gasteiger partial charge in [0.25, 0.3) is 0 Å². The maximum atomic E-state index is 6.15. The van der Waals surface area contributed by atoms with Crippen LogP contribution in [0.1, 0.15) is 110 Å². The van der Waals surface area contributed by atoms with E-state index < -0.39 is 0 Å². The third kappa shape index (κ3) is 11.6. The Kier molecular flexibility index (Phi) is 13.4. The van der Waals surface area contributed by atoms with E-state index >= 15 is 0 Å². The molecule has 0 aromatic carbocycles. The van der Waals surface area contributed by atoms with Gasteiger partial charge >= 0.3 is 0 Å². The molecule has 0 N–H and O–H groups in total. The summed E-state index contributed by atoms with van der Waals surface area (Å²) in [7, 11) is 0. The molecule has 2 atom stereocenters. The fraction of sp³-hybridized carbons (Fsp3) is 0.905. The van der Waals surface area contributed by atoms with E-state index in [4.69, 9.17) is 9.47 Å². The third-order valence-electron chi connectivity index (χ3n) is 4.74. The van der Waals surface area contributed by atoms with E-state index in [2.05, 4.69) is 19.9 Å². The van der Waals surface area contributed by atoms with E-state index in [9.17, 15) is 0 Å². The van der Waals surface area contributed by atoms with Gasteiger partial charge in [0.05, 0.1) is 12.4 Å². The summed E-state index contributed by atoms with van der Waals surface area (Å²) in [6, 6.07) is 0. The van der Waals surface area contributed by atoms with Gasteiger partial charge < -0.3 is 9.47 Å². The lowest BCUT2D eigenvalue weighted by Gasteiger charge is -2.21. The van der Waals surface area contributed by atoms with Gasteiger partial charge in [-0.25, -0.2) is 0 Å². The molecule has 1 heterocycles. The molecule has 0 spiro atoms. The van der Waals surface area contributed by atoms with Gasteiger partial charge in [-0.1, -0.05) is 84.5 Å². The largest absolute Gasteiger partial charge is 0.473 e. The first-order chi connectivity index (χ1) is 11.4. The topological polar surface area (TPSA) is 18.5 Å². The van der Waals surface area contributed by atoms with Crippen LogP contribution in [0.2, 0.25) is 0 Å². The zero-order valence-electron chi connectivity index (χ0n) is 15.7. The summed E-state index contributed by atoms with van der Waals surface area (Å²) in [5.41, 5.74) is 0. The smallest absolute Gasteiger partial charge is 0.199 e. The summed E-state index contributed by atoms with van der Waals surface area (Å²) in [5.74, 6) is 0. The Labute approximate surface area is 145 Å². The maximum Gasteiger partial charge on any atom is 0.199 e. The molecular weight excluding hydrogens is 284 g/mol. The van der Waals surface area contributed by atoms with Gasteiger partial charge in [0.15, 0.2) is 6.29 Å². The van der Waals surface area contributed by atoms with E-state index in [1.54, 1.807) is 0 Å². The standard InChI is InChI=1S/C21H40O2/c1-3-5-7-8-9-10-11-12-14-18-21-22-19-15-17-20(23-21)16-13-6-4-2/h15,19-21H,3-14,16-18H2,1-2H3/t20-,21+/m1/s1. The van der Waals surface area contributed by atoms with Crippen molar-refractivity contribution in [2.75, 3.05) is 0 Å². The average Bonchev–Trinajstić information content (AvgIpc) is 2.79. The molecule has 1 aliphatic heterocycles. The summed E-state index contributed by atoms with van der Waals surface area (Å²) in [6.45, 7) is 4.53. The van der Waals surface area contributed by atoms with E-state index in [-0.39, 0.29) is 6.29 Å². The summed E-state index contributed by atoms with van der Waals surface area (Å²) in [6.07, 6.45) is 23.8. The first kappa shape index (κ1) is 20.5. The third-order valence-corrected chi connectivity index (χ3v) is 4.74. The zero-order chi connectivity index (χ0) is 16.6. The van der Waals surface area contributed by atoms with Crippen molar-refractivity contribution in [2.24, 2.45) is 0 Å². The van der Waals surface area contributed by atoms with Crippen LogP contribution in [-0.4, -0.2) is 12.4 Å². The highest BCUT2D eigenvalue weighted by Crippen LogP contribution is 2.20. The van der Waals surface area contributed by atoms with Crippen molar-refractivity contribution in [1.29, 1.82) is 0 Å². The lowest BCUT2D eigenvalue weighted by molar-refractivity contribution is -0.139. The highest BCUT2D eigenvalue weighted by atomic mass is 16.7. The monoisotopic (exact) mass is 324 g/mol. The molecule has 0 saturated heterocycles. The Morgan fingerprint density at radius 2 is 1.30 bits per heavy atom. The van der Waals surface area contributed by atoms with Crippen LogP contribution in [0.5, 0.6) is 0 Å². The van der Waals surface area contributed by atoms with Gasteiger partial charge in [-0.3, -0.25) is 0 Å². The molecular formula is C21H40O2. The average molecular weight is 325 g/mol. The molecule has 0 aromatic heterocycles. The second-order valence-electron chi connectivity index (χ2n) is 7.04. The second-order valence-corrected chi connectivity index (χ2v) is 7.04. The quantitative estimate of drug-likeness (QED) is 0.316. The second kappa shape index (κ2) is 15.1. The number of unbranched alkanes of at least 4 members (excludes halogenated alkanes) is 10. The summed E-state index contributed by atoms with van der Waals surface area (Å²) < 4.78 is 11.9. The predicted molar refractivity (Wildman–Crippen MR) is 99.5 cm³/mol. The Morgan fingerprint density at radius 1 is 0.739 bits per heavy atom. The predicted octanol–water partition coefficient (Wildman–Crippen LogP) is 7.13. The highest BCUT2D eigenvalue weighted by Gasteiger charge is 2.18. The van der Waals surface area contributed by atoms with Crippen LogP contribution >= 0.6 is 0 Å². The van der Waals surface area contributed by atoms with Crippen LogP contribution in [0.25, 0.3) is 0 Å².